The Morgan fingerprint density at radius 3 is 2.00 bits per heavy atom. The summed E-state index contributed by atoms with van der Waals surface area (Å²) in [6, 6.07) is 12.3. The zero-order valence-corrected chi connectivity index (χ0v) is 12.1. The first-order valence-corrected chi connectivity index (χ1v) is 6.88. The van der Waals surface area contributed by atoms with Gasteiger partial charge in [-0.3, -0.25) is 0 Å². The van der Waals surface area contributed by atoms with E-state index in [2.05, 4.69) is 0 Å². The molecule has 0 radical (unpaired) electrons. The second-order valence-corrected chi connectivity index (χ2v) is 4.59. The number of rotatable bonds is 6. The molecule has 0 spiro atoms. The molecule has 0 bridgehead atoms. The fraction of sp³-hybridized carbons (Fsp3) is 0.176. The van der Waals surface area contributed by atoms with Crippen LogP contribution in [0.2, 0.25) is 0 Å². The van der Waals surface area contributed by atoms with E-state index < -0.39 is 11.9 Å². The number of hydrogen-bond donors (Lipinski definition) is 1. The third kappa shape index (κ3) is 4.09. The van der Waals surface area contributed by atoms with Gasteiger partial charge in [-0.2, -0.15) is 0 Å². The highest BCUT2D eigenvalue weighted by Crippen LogP contribution is 2.17. The van der Waals surface area contributed by atoms with Crippen molar-refractivity contribution in [1.29, 1.82) is 0 Å². The number of carboxylic acids is 1. The average Bonchev–Trinajstić information content (AvgIpc) is 2.54. The molecule has 0 aliphatic heterocycles. The molecule has 0 saturated carbocycles. The lowest BCUT2D eigenvalue weighted by Crippen LogP contribution is -2.08. The number of esters is 1. The molecule has 2 aromatic carbocycles. The van der Waals surface area contributed by atoms with Gasteiger partial charge in [0, 0.05) is 0 Å². The number of carboxylic acid groups (broad SMARTS) is 1. The van der Waals surface area contributed by atoms with Crippen molar-refractivity contribution in [3.8, 4) is 11.5 Å². The van der Waals surface area contributed by atoms with Gasteiger partial charge in [0.15, 0.2) is 0 Å². The molecule has 0 aliphatic rings. The van der Waals surface area contributed by atoms with Gasteiger partial charge in [0.25, 0.3) is 0 Å². The molecule has 2 rings (SSSR count). The molecule has 5 heteroatoms. The van der Waals surface area contributed by atoms with Crippen LogP contribution in [0.15, 0.2) is 48.5 Å². The smallest absolute Gasteiger partial charge is 0.343 e. The number of carbonyl (C=O) groups excluding carboxylic acids is 1. The third-order valence-corrected chi connectivity index (χ3v) is 2.87. The van der Waals surface area contributed by atoms with Crippen LogP contribution < -0.4 is 9.47 Å². The molecule has 22 heavy (non-hydrogen) atoms. The van der Waals surface area contributed by atoms with E-state index in [0.717, 1.165) is 6.42 Å². The number of carbonyl (C=O) groups is 2. The lowest BCUT2D eigenvalue weighted by molar-refractivity contribution is 0.0696. The van der Waals surface area contributed by atoms with Gasteiger partial charge in [-0.1, -0.05) is 6.92 Å². The van der Waals surface area contributed by atoms with Gasteiger partial charge in [-0.05, 0) is 55.0 Å². The molecule has 0 heterocycles. The van der Waals surface area contributed by atoms with Crippen molar-refractivity contribution in [3.63, 3.8) is 0 Å². The molecule has 0 aromatic heterocycles. The molecule has 0 unspecified atom stereocenters. The fourth-order valence-electron chi connectivity index (χ4n) is 1.74. The van der Waals surface area contributed by atoms with Crippen molar-refractivity contribution in [2.45, 2.75) is 13.3 Å². The van der Waals surface area contributed by atoms with Crippen molar-refractivity contribution in [2.24, 2.45) is 0 Å². The lowest BCUT2D eigenvalue weighted by atomic mass is 10.2. The minimum atomic E-state index is -1.03. The minimum Gasteiger partial charge on any atom is -0.494 e. The summed E-state index contributed by atoms with van der Waals surface area (Å²) < 4.78 is 10.6. The predicted molar refractivity (Wildman–Crippen MR) is 80.6 cm³/mol. The molecule has 0 amide bonds. The minimum absolute atomic E-state index is 0.136. The van der Waals surface area contributed by atoms with E-state index in [1.807, 2.05) is 6.92 Å². The average molecular weight is 300 g/mol. The van der Waals surface area contributed by atoms with Crippen LogP contribution in [0.4, 0.5) is 0 Å². The van der Waals surface area contributed by atoms with Crippen LogP contribution in [0.5, 0.6) is 11.5 Å². The summed E-state index contributed by atoms with van der Waals surface area (Å²) in [5.41, 5.74) is 0.531. The fourth-order valence-corrected chi connectivity index (χ4v) is 1.74. The van der Waals surface area contributed by atoms with Crippen molar-refractivity contribution >= 4 is 11.9 Å². The molecule has 5 nitrogen and oxygen atoms in total. The quantitative estimate of drug-likeness (QED) is 0.654. The molecule has 114 valence electrons. The summed E-state index contributed by atoms with van der Waals surface area (Å²) >= 11 is 0. The highest BCUT2D eigenvalue weighted by molar-refractivity contribution is 5.91. The van der Waals surface area contributed by atoms with Gasteiger partial charge in [0.2, 0.25) is 0 Å². The Balaban J connectivity index is 2.00. The zero-order chi connectivity index (χ0) is 15.9. The molecule has 1 N–H and O–H groups in total. The normalized spacial score (nSPS) is 10.0. The Morgan fingerprint density at radius 2 is 1.45 bits per heavy atom. The van der Waals surface area contributed by atoms with Crippen LogP contribution in [0.3, 0.4) is 0 Å². The zero-order valence-electron chi connectivity index (χ0n) is 12.1. The van der Waals surface area contributed by atoms with Crippen molar-refractivity contribution in [2.75, 3.05) is 6.61 Å². The number of hydrogen-bond acceptors (Lipinski definition) is 4. The predicted octanol–water partition coefficient (Wildman–Crippen LogP) is 3.39. The first-order chi connectivity index (χ1) is 10.6. The van der Waals surface area contributed by atoms with Gasteiger partial charge in [-0.15, -0.1) is 0 Å². The first-order valence-electron chi connectivity index (χ1n) is 6.88. The van der Waals surface area contributed by atoms with E-state index in [9.17, 15) is 9.59 Å². The van der Waals surface area contributed by atoms with Crippen molar-refractivity contribution in [3.05, 3.63) is 59.7 Å². The molecule has 0 saturated heterocycles. The van der Waals surface area contributed by atoms with E-state index in [1.165, 1.54) is 24.3 Å². The summed E-state index contributed by atoms with van der Waals surface area (Å²) in [5.74, 6) is -0.545. The summed E-state index contributed by atoms with van der Waals surface area (Å²) in [6.07, 6.45) is 0.913. The first kappa shape index (κ1) is 15.6. The topological polar surface area (TPSA) is 72.8 Å². The van der Waals surface area contributed by atoms with Crippen LogP contribution in [-0.2, 0) is 0 Å². The Morgan fingerprint density at radius 1 is 0.909 bits per heavy atom. The highest BCUT2D eigenvalue weighted by atomic mass is 16.5. The Labute approximate surface area is 128 Å². The van der Waals surface area contributed by atoms with E-state index >= 15 is 0 Å². The van der Waals surface area contributed by atoms with Gasteiger partial charge in [0.05, 0.1) is 17.7 Å². The van der Waals surface area contributed by atoms with Crippen LogP contribution >= 0.6 is 0 Å². The van der Waals surface area contributed by atoms with Crippen molar-refractivity contribution in [1.82, 2.24) is 0 Å². The Kier molecular flexibility index (Phi) is 5.14. The Bertz CT molecular complexity index is 644. The van der Waals surface area contributed by atoms with Crippen molar-refractivity contribution < 1.29 is 24.2 Å². The summed E-state index contributed by atoms with van der Waals surface area (Å²) in [7, 11) is 0. The Hall–Kier alpha value is -2.82. The number of ether oxygens (including phenoxy) is 2. The standard InChI is InChI=1S/C17H16O5/c1-2-11-21-14-7-5-13(6-8-14)17(20)22-15-9-3-12(4-10-15)16(18)19/h3-10H,2,11H2,1H3,(H,18,19). The highest BCUT2D eigenvalue weighted by Gasteiger charge is 2.09. The van der Waals surface area contributed by atoms with Gasteiger partial charge < -0.3 is 14.6 Å². The van der Waals surface area contributed by atoms with Crippen LogP contribution in [-0.4, -0.2) is 23.7 Å². The lowest BCUT2D eigenvalue weighted by Gasteiger charge is -2.07. The molecule has 0 fully saturated rings. The van der Waals surface area contributed by atoms with E-state index in [-0.39, 0.29) is 5.56 Å². The second-order valence-electron chi connectivity index (χ2n) is 4.59. The second kappa shape index (κ2) is 7.26. The summed E-state index contributed by atoms with van der Waals surface area (Å²) in [6.45, 7) is 2.64. The van der Waals surface area contributed by atoms with E-state index in [4.69, 9.17) is 14.6 Å². The van der Waals surface area contributed by atoms with Crippen LogP contribution in [0, 0.1) is 0 Å². The maximum absolute atomic E-state index is 12.0. The van der Waals surface area contributed by atoms with Crippen LogP contribution in [0.1, 0.15) is 34.1 Å². The van der Waals surface area contributed by atoms with Crippen LogP contribution in [0.25, 0.3) is 0 Å². The number of aromatic carboxylic acids is 1. The van der Waals surface area contributed by atoms with E-state index in [1.54, 1.807) is 24.3 Å². The summed E-state index contributed by atoms with van der Waals surface area (Å²) in [5, 5.41) is 8.80. The largest absolute Gasteiger partial charge is 0.494 e. The monoisotopic (exact) mass is 300 g/mol. The van der Waals surface area contributed by atoms with Gasteiger partial charge >= 0.3 is 11.9 Å². The van der Waals surface area contributed by atoms with Gasteiger partial charge in [-0.25, -0.2) is 9.59 Å². The molecule has 0 aliphatic carbocycles. The molecule has 2 aromatic rings. The molecule has 0 atom stereocenters. The third-order valence-electron chi connectivity index (χ3n) is 2.87. The maximum Gasteiger partial charge on any atom is 0.343 e. The van der Waals surface area contributed by atoms with E-state index in [0.29, 0.717) is 23.7 Å². The number of benzene rings is 2. The SMILES string of the molecule is CCCOc1ccc(C(=O)Oc2ccc(C(=O)O)cc2)cc1. The van der Waals surface area contributed by atoms with Gasteiger partial charge in [0.1, 0.15) is 11.5 Å². The molecular weight excluding hydrogens is 284 g/mol. The maximum atomic E-state index is 12.0. The summed E-state index contributed by atoms with van der Waals surface area (Å²) in [4.78, 5) is 22.7. The molecular formula is C17H16O5.